The van der Waals surface area contributed by atoms with Gasteiger partial charge in [-0.1, -0.05) is 29.3 Å². The minimum atomic E-state index is -0.0344. The summed E-state index contributed by atoms with van der Waals surface area (Å²) in [7, 11) is 0. The fourth-order valence-electron chi connectivity index (χ4n) is 2.51. The van der Waals surface area contributed by atoms with Gasteiger partial charge in [0.15, 0.2) is 0 Å². The molecule has 0 fully saturated rings. The molecule has 1 aromatic carbocycles. The van der Waals surface area contributed by atoms with Crippen LogP contribution in [0.25, 0.3) is 0 Å². The van der Waals surface area contributed by atoms with Crippen molar-refractivity contribution in [2.45, 2.75) is 44.8 Å². The van der Waals surface area contributed by atoms with Crippen molar-refractivity contribution >= 4 is 11.6 Å². The molecular weight excluding hydrogens is 260 g/mol. The lowest BCUT2D eigenvalue weighted by Crippen LogP contribution is -2.46. The Hall–Kier alpha value is -1.03. The highest BCUT2D eigenvalue weighted by atomic mass is 35.5. The molecule has 0 aromatic heterocycles. The fraction of sp³-hybridized carbons (Fsp3) is 0.467. The third kappa shape index (κ3) is 3.96. The average molecular weight is 281 g/mol. The minimum absolute atomic E-state index is 0.0344. The molecule has 104 valence electrons. The van der Waals surface area contributed by atoms with Gasteiger partial charge in [0, 0.05) is 5.02 Å². The van der Waals surface area contributed by atoms with Crippen LogP contribution in [0.1, 0.15) is 32.6 Å². The zero-order valence-corrected chi connectivity index (χ0v) is 12.0. The van der Waals surface area contributed by atoms with Gasteiger partial charge in [0.25, 0.3) is 0 Å². The summed E-state index contributed by atoms with van der Waals surface area (Å²) in [4.78, 5) is 0. The normalized spacial score (nSPS) is 18.6. The van der Waals surface area contributed by atoms with E-state index >= 15 is 0 Å². The highest BCUT2D eigenvalue weighted by Gasteiger charge is 2.22. The topological polar surface area (TPSA) is 47.3 Å². The molecule has 1 aliphatic carbocycles. The molecule has 0 bridgehead atoms. The van der Waals surface area contributed by atoms with E-state index in [0.29, 0.717) is 5.02 Å². The van der Waals surface area contributed by atoms with Crippen LogP contribution in [0.3, 0.4) is 0 Å². The second-order valence-electron chi connectivity index (χ2n) is 4.95. The van der Waals surface area contributed by atoms with Crippen molar-refractivity contribution in [2.24, 2.45) is 5.84 Å². The highest BCUT2D eigenvalue weighted by molar-refractivity contribution is 6.30. The van der Waals surface area contributed by atoms with Crippen molar-refractivity contribution in [1.82, 2.24) is 5.43 Å². The number of nitrogens with two attached hydrogens (primary N) is 1. The van der Waals surface area contributed by atoms with Gasteiger partial charge in [-0.2, -0.15) is 0 Å². The Bertz CT molecular complexity index is 448. The van der Waals surface area contributed by atoms with Crippen LogP contribution < -0.4 is 16.0 Å². The molecular formula is C15H21ClN2O. The molecule has 4 heteroatoms. The molecule has 3 nitrogen and oxygen atoms in total. The Morgan fingerprint density at radius 2 is 2.21 bits per heavy atom. The van der Waals surface area contributed by atoms with Crippen molar-refractivity contribution in [3.05, 3.63) is 40.9 Å². The molecule has 2 unspecified atom stereocenters. The molecule has 2 rings (SSSR count). The Balaban J connectivity index is 2.04. The van der Waals surface area contributed by atoms with E-state index in [0.717, 1.165) is 18.6 Å². The predicted molar refractivity (Wildman–Crippen MR) is 79.2 cm³/mol. The maximum Gasteiger partial charge on any atom is 0.121 e. The van der Waals surface area contributed by atoms with Crippen molar-refractivity contribution in [2.75, 3.05) is 0 Å². The minimum Gasteiger partial charge on any atom is -0.489 e. The number of rotatable bonds is 5. The SMILES string of the molecule is CC(Oc1cccc(Cl)c1)C(NN)C1=CCCCC1. The van der Waals surface area contributed by atoms with Gasteiger partial charge < -0.3 is 4.74 Å². The molecule has 0 heterocycles. The quantitative estimate of drug-likeness (QED) is 0.493. The number of hydrogen-bond acceptors (Lipinski definition) is 3. The first-order valence-corrected chi connectivity index (χ1v) is 7.16. The van der Waals surface area contributed by atoms with Crippen LogP contribution in [-0.4, -0.2) is 12.1 Å². The standard InChI is InChI=1S/C15H21ClN2O/c1-11(19-14-9-5-8-13(16)10-14)15(18-17)12-6-3-2-4-7-12/h5-6,8-11,15,18H,2-4,7,17H2,1H3. The van der Waals surface area contributed by atoms with Crippen LogP contribution in [0.4, 0.5) is 0 Å². The van der Waals surface area contributed by atoms with E-state index in [1.807, 2.05) is 31.2 Å². The second-order valence-corrected chi connectivity index (χ2v) is 5.39. The van der Waals surface area contributed by atoms with E-state index in [2.05, 4.69) is 11.5 Å². The summed E-state index contributed by atoms with van der Waals surface area (Å²) < 4.78 is 5.93. The molecule has 19 heavy (non-hydrogen) atoms. The molecule has 2 atom stereocenters. The van der Waals surface area contributed by atoms with E-state index in [-0.39, 0.29) is 12.1 Å². The van der Waals surface area contributed by atoms with Crippen LogP contribution >= 0.6 is 11.6 Å². The third-order valence-corrected chi connectivity index (χ3v) is 3.73. The van der Waals surface area contributed by atoms with E-state index in [9.17, 15) is 0 Å². The lowest BCUT2D eigenvalue weighted by atomic mass is 9.92. The number of nitrogens with one attached hydrogen (secondary N) is 1. The van der Waals surface area contributed by atoms with E-state index < -0.39 is 0 Å². The third-order valence-electron chi connectivity index (χ3n) is 3.49. The maximum absolute atomic E-state index is 5.96. The van der Waals surface area contributed by atoms with Gasteiger partial charge in [-0.25, -0.2) is 5.43 Å². The van der Waals surface area contributed by atoms with Gasteiger partial charge in [0.1, 0.15) is 11.9 Å². The van der Waals surface area contributed by atoms with Crippen molar-refractivity contribution in [1.29, 1.82) is 0 Å². The van der Waals surface area contributed by atoms with E-state index in [1.165, 1.54) is 18.4 Å². The average Bonchev–Trinajstić information content (AvgIpc) is 2.41. The molecule has 1 aromatic rings. The zero-order chi connectivity index (χ0) is 13.7. The zero-order valence-electron chi connectivity index (χ0n) is 11.2. The largest absolute Gasteiger partial charge is 0.489 e. The number of benzene rings is 1. The van der Waals surface area contributed by atoms with Crippen LogP contribution in [0, 0.1) is 0 Å². The number of ether oxygens (including phenoxy) is 1. The number of hydrazine groups is 1. The van der Waals surface area contributed by atoms with Crippen molar-refractivity contribution < 1.29 is 4.74 Å². The molecule has 0 saturated carbocycles. The summed E-state index contributed by atoms with van der Waals surface area (Å²) in [5.41, 5.74) is 4.23. The monoisotopic (exact) mass is 280 g/mol. The second kappa shape index (κ2) is 6.94. The van der Waals surface area contributed by atoms with Crippen LogP contribution in [0.5, 0.6) is 5.75 Å². The van der Waals surface area contributed by atoms with Gasteiger partial charge in [0.2, 0.25) is 0 Å². The number of allylic oxidation sites excluding steroid dienone is 1. The van der Waals surface area contributed by atoms with E-state index in [4.69, 9.17) is 22.2 Å². The smallest absolute Gasteiger partial charge is 0.121 e. The Labute approximate surface area is 119 Å². The van der Waals surface area contributed by atoms with Crippen LogP contribution in [-0.2, 0) is 0 Å². The van der Waals surface area contributed by atoms with Gasteiger partial charge in [-0.3, -0.25) is 5.84 Å². The molecule has 3 N–H and O–H groups in total. The molecule has 0 saturated heterocycles. The Morgan fingerprint density at radius 1 is 1.37 bits per heavy atom. The molecule has 0 radical (unpaired) electrons. The van der Waals surface area contributed by atoms with Crippen molar-refractivity contribution in [3.63, 3.8) is 0 Å². The summed E-state index contributed by atoms with van der Waals surface area (Å²) in [5.74, 6) is 6.47. The van der Waals surface area contributed by atoms with E-state index in [1.54, 1.807) is 0 Å². The first-order valence-electron chi connectivity index (χ1n) is 6.78. The summed E-state index contributed by atoms with van der Waals surface area (Å²) >= 11 is 5.96. The lowest BCUT2D eigenvalue weighted by Gasteiger charge is -2.28. The summed E-state index contributed by atoms with van der Waals surface area (Å²) in [6.07, 6.45) is 6.98. The van der Waals surface area contributed by atoms with Gasteiger partial charge >= 0.3 is 0 Å². The predicted octanol–water partition coefficient (Wildman–Crippen LogP) is 3.44. The Kier molecular flexibility index (Phi) is 5.25. The summed E-state index contributed by atoms with van der Waals surface area (Å²) in [6, 6.07) is 7.50. The summed E-state index contributed by atoms with van der Waals surface area (Å²) in [5, 5.41) is 0.679. The lowest BCUT2D eigenvalue weighted by molar-refractivity contribution is 0.182. The Morgan fingerprint density at radius 3 is 2.84 bits per heavy atom. The molecule has 0 aliphatic heterocycles. The maximum atomic E-state index is 5.96. The van der Waals surface area contributed by atoms with Crippen LogP contribution in [0.2, 0.25) is 5.02 Å². The number of halogens is 1. The molecule has 1 aliphatic rings. The molecule has 0 amide bonds. The first-order chi connectivity index (χ1) is 9.20. The van der Waals surface area contributed by atoms with Gasteiger partial charge in [-0.15, -0.1) is 0 Å². The highest BCUT2D eigenvalue weighted by Crippen LogP contribution is 2.24. The molecule has 0 spiro atoms. The van der Waals surface area contributed by atoms with Gasteiger partial charge in [-0.05, 0) is 50.8 Å². The van der Waals surface area contributed by atoms with Gasteiger partial charge in [0.05, 0.1) is 6.04 Å². The van der Waals surface area contributed by atoms with Crippen LogP contribution in [0.15, 0.2) is 35.9 Å². The number of hydrogen-bond donors (Lipinski definition) is 2. The fourth-order valence-corrected chi connectivity index (χ4v) is 2.69. The van der Waals surface area contributed by atoms with Crippen molar-refractivity contribution in [3.8, 4) is 5.75 Å². The summed E-state index contributed by atoms with van der Waals surface area (Å²) in [6.45, 7) is 2.03. The first kappa shape index (κ1) is 14.4.